The highest BCUT2D eigenvalue weighted by Crippen LogP contribution is 2.17. The predicted octanol–water partition coefficient (Wildman–Crippen LogP) is 5.24. The largest absolute Gasteiger partial charge is 0.0887 e. The molecule has 2 rings (SSSR count). The minimum Gasteiger partial charge on any atom is -0.0887 e. The van der Waals surface area contributed by atoms with Crippen molar-refractivity contribution in [3.8, 4) is 0 Å². The summed E-state index contributed by atoms with van der Waals surface area (Å²) in [6, 6.07) is 17.6. The zero-order valence-corrected chi connectivity index (χ0v) is 13.3. The van der Waals surface area contributed by atoms with E-state index < -0.39 is 0 Å². The molecule has 0 aliphatic rings. The van der Waals surface area contributed by atoms with Crippen LogP contribution in [0.25, 0.3) is 0 Å². The fraction of sp³-hybridized carbons (Fsp3) is 0.333. The van der Waals surface area contributed by atoms with Gasteiger partial charge in [-0.15, -0.1) is 0 Å². The lowest BCUT2D eigenvalue weighted by molar-refractivity contribution is 0.762. The van der Waals surface area contributed by atoms with Crippen molar-refractivity contribution in [3.63, 3.8) is 0 Å². The van der Waals surface area contributed by atoms with Gasteiger partial charge < -0.3 is 0 Å². The second kappa shape index (κ2) is 6.91. The average Bonchev–Trinajstić information content (AvgIpc) is 2.36. The highest BCUT2D eigenvalue weighted by atomic mass is 79.9. The van der Waals surface area contributed by atoms with Crippen LogP contribution in [0, 0.1) is 13.8 Å². The number of hydrogen-bond acceptors (Lipinski definition) is 0. The van der Waals surface area contributed by atoms with Crippen molar-refractivity contribution < 1.29 is 0 Å². The zero-order valence-electron chi connectivity index (χ0n) is 11.7. The first-order chi connectivity index (χ1) is 9.13. The normalized spacial score (nSPS) is 12.4. The molecule has 19 heavy (non-hydrogen) atoms. The van der Waals surface area contributed by atoms with Gasteiger partial charge in [-0.25, -0.2) is 0 Å². The first kappa shape index (κ1) is 14.3. The fourth-order valence-corrected chi connectivity index (χ4v) is 2.99. The van der Waals surface area contributed by atoms with Crippen LogP contribution in [0.3, 0.4) is 0 Å². The lowest BCUT2D eigenvalue weighted by atomic mass is 10.0. The zero-order chi connectivity index (χ0) is 13.7. The van der Waals surface area contributed by atoms with Gasteiger partial charge in [0.1, 0.15) is 0 Å². The maximum absolute atomic E-state index is 3.82. The summed E-state index contributed by atoms with van der Waals surface area (Å²) >= 11 is 3.82. The van der Waals surface area contributed by atoms with Crippen LogP contribution in [0.15, 0.2) is 48.5 Å². The van der Waals surface area contributed by atoms with Gasteiger partial charge in [0.15, 0.2) is 0 Å². The minimum atomic E-state index is 0.551. The van der Waals surface area contributed by atoms with E-state index in [0.29, 0.717) is 4.83 Å². The van der Waals surface area contributed by atoms with Gasteiger partial charge in [0, 0.05) is 4.83 Å². The predicted molar refractivity (Wildman–Crippen MR) is 87.1 cm³/mol. The smallest absolute Gasteiger partial charge is 0.0189 e. The third-order valence-corrected chi connectivity index (χ3v) is 4.15. The number of hydrogen-bond donors (Lipinski definition) is 0. The standard InChI is InChI=1S/C18H21Br/c1-14-5-3-7-16(11-14)9-10-18(19)13-17-8-4-6-15(2)12-17/h3-8,11-12,18H,9-10,13H2,1-2H3. The maximum atomic E-state index is 3.82. The molecule has 0 aliphatic heterocycles. The molecule has 1 unspecified atom stereocenters. The quantitative estimate of drug-likeness (QED) is 0.661. The molecule has 2 aromatic carbocycles. The molecule has 0 N–H and O–H groups in total. The number of benzene rings is 2. The van der Waals surface area contributed by atoms with E-state index in [9.17, 15) is 0 Å². The molecule has 0 radical (unpaired) electrons. The molecule has 0 bridgehead atoms. The van der Waals surface area contributed by atoms with E-state index in [-0.39, 0.29) is 0 Å². The average molecular weight is 317 g/mol. The number of rotatable bonds is 5. The summed E-state index contributed by atoms with van der Waals surface area (Å²) in [7, 11) is 0. The van der Waals surface area contributed by atoms with E-state index in [1.807, 2.05) is 0 Å². The summed E-state index contributed by atoms with van der Waals surface area (Å²) in [4.78, 5) is 0.551. The van der Waals surface area contributed by atoms with Crippen molar-refractivity contribution in [2.24, 2.45) is 0 Å². The topological polar surface area (TPSA) is 0 Å². The Morgan fingerprint density at radius 2 is 1.47 bits per heavy atom. The minimum absolute atomic E-state index is 0.551. The Morgan fingerprint density at radius 1 is 0.895 bits per heavy atom. The third kappa shape index (κ3) is 4.83. The molecule has 0 saturated carbocycles. The van der Waals surface area contributed by atoms with Crippen LogP contribution >= 0.6 is 15.9 Å². The molecule has 0 amide bonds. The molecule has 100 valence electrons. The van der Waals surface area contributed by atoms with Crippen molar-refractivity contribution >= 4 is 15.9 Å². The molecule has 0 spiro atoms. The lowest BCUT2D eigenvalue weighted by Gasteiger charge is -2.11. The van der Waals surface area contributed by atoms with Gasteiger partial charge in [0.05, 0.1) is 0 Å². The van der Waals surface area contributed by atoms with Crippen LogP contribution in [0.4, 0.5) is 0 Å². The highest BCUT2D eigenvalue weighted by Gasteiger charge is 2.06. The van der Waals surface area contributed by atoms with E-state index >= 15 is 0 Å². The molecule has 1 heteroatoms. The van der Waals surface area contributed by atoms with Gasteiger partial charge in [0.2, 0.25) is 0 Å². The molecule has 0 nitrogen and oxygen atoms in total. The van der Waals surface area contributed by atoms with Crippen molar-refractivity contribution in [2.45, 2.75) is 37.9 Å². The molecule has 0 aromatic heterocycles. The van der Waals surface area contributed by atoms with E-state index in [2.05, 4.69) is 78.3 Å². The van der Waals surface area contributed by atoms with E-state index in [1.54, 1.807) is 0 Å². The highest BCUT2D eigenvalue weighted by molar-refractivity contribution is 9.09. The third-order valence-electron chi connectivity index (χ3n) is 3.37. The Bertz CT molecular complexity index is 531. The van der Waals surface area contributed by atoms with E-state index in [0.717, 1.165) is 12.8 Å². The monoisotopic (exact) mass is 316 g/mol. The Balaban J connectivity index is 1.86. The van der Waals surface area contributed by atoms with Gasteiger partial charge >= 0.3 is 0 Å². The van der Waals surface area contributed by atoms with Crippen molar-refractivity contribution in [2.75, 3.05) is 0 Å². The molecule has 0 fully saturated rings. The first-order valence-corrected chi connectivity index (χ1v) is 7.80. The van der Waals surface area contributed by atoms with Crippen molar-refractivity contribution in [1.29, 1.82) is 0 Å². The summed E-state index contributed by atoms with van der Waals surface area (Å²) in [5.41, 5.74) is 5.55. The summed E-state index contributed by atoms with van der Waals surface area (Å²) in [6.45, 7) is 4.31. The van der Waals surface area contributed by atoms with Gasteiger partial charge in [-0.3, -0.25) is 0 Å². The van der Waals surface area contributed by atoms with Crippen LogP contribution in [-0.2, 0) is 12.8 Å². The number of aryl methyl sites for hydroxylation is 3. The number of halogens is 1. The molecule has 2 aromatic rings. The molecule has 0 saturated heterocycles. The lowest BCUT2D eigenvalue weighted by Crippen LogP contribution is -2.04. The van der Waals surface area contributed by atoms with Crippen LogP contribution in [0.1, 0.15) is 28.7 Å². The summed E-state index contributed by atoms with van der Waals surface area (Å²) < 4.78 is 0. The second-order valence-electron chi connectivity index (χ2n) is 5.32. The SMILES string of the molecule is Cc1cccc(CCC(Br)Cc2cccc(C)c2)c1. The van der Waals surface area contributed by atoms with Crippen LogP contribution < -0.4 is 0 Å². The van der Waals surface area contributed by atoms with Crippen LogP contribution in [0.2, 0.25) is 0 Å². The molecular weight excluding hydrogens is 296 g/mol. The Labute approximate surface area is 125 Å². The summed E-state index contributed by atoms with van der Waals surface area (Å²) in [6.07, 6.45) is 3.42. The van der Waals surface area contributed by atoms with Gasteiger partial charge in [-0.2, -0.15) is 0 Å². The van der Waals surface area contributed by atoms with Gasteiger partial charge in [0.25, 0.3) is 0 Å². The second-order valence-corrected chi connectivity index (χ2v) is 6.61. The van der Waals surface area contributed by atoms with Crippen LogP contribution in [-0.4, -0.2) is 4.83 Å². The Kier molecular flexibility index (Phi) is 5.21. The van der Waals surface area contributed by atoms with Gasteiger partial charge in [-0.05, 0) is 44.2 Å². The van der Waals surface area contributed by atoms with Crippen molar-refractivity contribution in [3.05, 3.63) is 70.8 Å². The molecule has 1 atom stereocenters. The number of alkyl halides is 1. The van der Waals surface area contributed by atoms with Crippen molar-refractivity contribution in [1.82, 2.24) is 0 Å². The Morgan fingerprint density at radius 3 is 2.11 bits per heavy atom. The fourth-order valence-electron chi connectivity index (χ4n) is 2.39. The van der Waals surface area contributed by atoms with E-state index in [4.69, 9.17) is 0 Å². The molecule has 0 heterocycles. The summed E-state index contributed by atoms with van der Waals surface area (Å²) in [5, 5.41) is 0. The van der Waals surface area contributed by atoms with Gasteiger partial charge in [-0.1, -0.05) is 75.6 Å². The molecular formula is C18H21Br. The summed E-state index contributed by atoms with van der Waals surface area (Å²) in [5.74, 6) is 0. The first-order valence-electron chi connectivity index (χ1n) is 6.88. The Hall–Kier alpha value is -1.08. The molecule has 0 aliphatic carbocycles. The van der Waals surface area contributed by atoms with Crippen LogP contribution in [0.5, 0.6) is 0 Å². The maximum Gasteiger partial charge on any atom is 0.0189 e. The van der Waals surface area contributed by atoms with E-state index in [1.165, 1.54) is 28.7 Å².